The molecule has 0 saturated heterocycles. The van der Waals surface area contributed by atoms with E-state index in [0.29, 0.717) is 5.75 Å². The van der Waals surface area contributed by atoms with E-state index in [-0.39, 0.29) is 38.7 Å². The third kappa shape index (κ3) is 17.0. The summed E-state index contributed by atoms with van der Waals surface area (Å²) in [7, 11) is 1.65. The van der Waals surface area contributed by atoms with Crippen LogP contribution in [0.5, 0.6) is 11.5 Å². The summed E-state index contributed by atoms with van der Waals surface area (Å²) in [5.41, 5.74) is 0. The quantitative estimate of drug-likeness (QED) is 0.413. The second-order valence-electron chi connectivity index (χ2n) is 3.27. The third-order valence-electron chi connectivity index (χ3n) is 1.87. The van der Waals surface area contributed by atoms with Gasteiger partial charge in [-0.25, -0.2) is 0 Å². The predicted octanol–water partition coefficient (Wildman–Crippen LogP) is 4.96. The number of hydrogen-bond acceptors (Lipinski definition) is 3. The fraction of sp³-hybridized carbons (Fsp3) is 0.316. The molecule has 0 N–H and O–H groups in total. The number of esters is 1. The molecule has 2 aromatic carbocycles. The number of carbonyl (C=O) groups excluding carboxylic acids is 1. The van der Waals surface area contributed by atoms with Gasteiger partial charge >= 0.3 is 5.97 Å². The van der Waals surface area contributed by atoms with Gasteiger partial charge in [-0.15, -0.1) is 24.3 Å². The van der Waals surface area contributed by atoms with Crippen molar-refractivity contribution in [3.63, 3.8) is 0 Å². The molecule has 0 heterocycles. The van der Waals surface area contributed by atoms with Crippen molar-refractivity contribution >= 4 is 5.97 Å². The molecule has 4 heteroatoms. The molecule has 0 aliphatic carbocycles. The van der Waals surface area contributed by atoms with Crippen LogP contribution in [0.4, 0.5) is 0 Å². The first kappa shape index (κ1) is 26.7. The van der Waals surface area contributed by atoms with Gasteiger partial charge < -0.3 is 9.47 Å². The zero-order valence-corrected chi connectivity index (χ0v) is 17.8. The maximum Gasteiger partial charge on any atom is 0.305 e. The van der Waals surface area contributed by atoms with Gasteiger partial charge in [-0.1, -0.05) is 27.7 Å². The average Bonchev–Trinajstić information content (AvgIpc) is 2.60. The van der Waals surface area contributed by atoms with E-state index >= 15 is 0 Å². The molecule has 0 bridgehead atoms. The molecule has 2 rings (SSSR count). The first-order valence-electron chi connectivity index (χ1n) is 7.37. The largest absolute Gasteiger partial charge is 0.522 e. The minimum absolute atomic E-state index is 0. The monoisotopic (exact) mass is 391 g/mol. The summed E-state index contributed by atoms with van der Waals surface area (Å²) < 4.78 is 9.65. The van der Waals surface area contributed by atoms with E-state index in [1.807, 2.05) is 52.0 Å². The molecular weight excluding hydrogens is 365 g/mol. The van der Waals surface area contributed by atoms with Gasteiger partial charge in [0.2, 0.25) is 0 Å². The van der Waals surface area contributed by atoms with Crippen molar-refractivity contribution in [3.8, 4) is 11.5 Å². The van der Waals surface area contributed by atoms with Crippen molar-refractivity contribution in [2.45, 2.75) is 34.6 Å². The summed E-state index contributed by atoms with van der Waals surface area (Å²) in [4.78, 5) is 10.4. The first-order valence-corrected chi connectivity index (χ1v) is 7.37. The zero-order valence-electron chi connectivity index (χ0n) is 14.9. The Hall–Kier alpha value is -1.19. The molecule has 0 amide bonds. The second-order valence-corrected chi connectivity index (χ2v) is 3.27. The Bertz CT molecular complexity index is 459. The summed E-state index contributed by atoms with van der Waals surface area (Å²) in [5.74, 6) is 1.14. The molecule has 125 valence electrons. The van der Waals surface area contributed by atoms with Gasteiger partial charge in [-0.2, -0.15) is 36.4 Å². The molecule has 0 aliphatic heterocycles. The van der Waals surface area contributed by atoms with Crippen LogP contribution in [0.1, 0.15) is 34.6 Å². The molecule has 0 aliphatic rings. The van der Waals surface area contributed by atoms with Crippen LogP contribution in [0, 0.1) is 12.1 Å². The molecule has 23 heavy (non-hydrogen) atoms. The normalized spacial score (nSPS) is 7.39. The Kier molecular flexibility index (Phi) is 24.2. The van der Waals surface area contributed by atoms with Crippen LogP contribution in [-0.4, -0.2) is 13.1 Å². The molecule has 0 spiro atoms. The molecule has 2 aromatic rings. The van der Waals surface area contributed by atoms with Crippen molar-refractivity contribution in [3.05, 3.63) is 60.7 Å². The summed E-state index contributed by atoms with van der Waals surface area (Å²) >= 11 is 0. The average molecular weight is 391 g/mol. The van der Waals surface area contributed by atoms with E-state index in [4.69, 9.17) is 9.47 Å². The van der Waals surface area contributed by atoms with Gasteiger partial charge in [0.05, 0.1) is 7.11 Å². The SMILES string of the molecule is CC.CC.CC(=O)Oc1cc[c-]cc1.COc1cc[c-]cc1.[Y]. The Labute approximate surface area is 166 Å². The number of benzene rings is 2. The van der Waals surface area contributed by atoms with E-state index in [1.165, 1.54) is 6.92 Å². The zero-order chi connectivity index (χ0) is 17.2. The topological polar surface area (TPSA) is 35.5 Å². The van der Waals surface area contributed by atoms with Crippen molar-refractivity contribution in [2.24, 2.45) is 0 Å². The minimum atomic E-state index is -0.300. The van der Waals surface area contributed by atoms with Crippen LogP contribution in [0.25, 0.3) is 0 Å². The van der Waals surface area contributed by atoms with Crippen molar-refractivity contribution in [1.82, 2.24) is 0 Å². The van der Waals surface area contributed by atoms with Gasteiger partial charge in [0, 0.05) is 51.1 Å². The molecule has 3 nitrogen and oxygen atoms in total. The smallest absolute Gasteiger partial charge is 0.305 e. The van der Waals surface area contributed by atoms with Gasteiger partial charge in [0.25, 0.3) is 0 Å². The Morgan fingerprint density at radius 2 is 1.17 bits per heavy atom. The van der Waals surface area contributed by atoms with Crippen LogP contribution in [0.2, 0.25) is 0 Å². The number of methoxy groups -OCH3 is 1. The van der Waals surface area contributed by atoms with E-state index in [2.05, 4.69) is 12.1 Å². The van der Waals surface area contributed by atoms with Crippen LogP contribution in [0.3, 0.4) is 0 Å². The van der Waals surface area contributed by atoms with E-state index in [9.17, 15) is 4.79 Å². The maximum absolute atomic E-state index is 10.4. The Morgan fingerprint density at radius 3 is 1.43 bits per heavy atom. The molecule has 0 atom stereocenters. The summed E-state index contributed by atoms with van der Waals surface area (Å²) in [6.45, 7) is 9.37. The summed E-state index contributed by atoms with van der Waals surface area (Å²) in [5, 5.41) is 0. The molecular formula is C19H26O3Y-2. The Morgan fingerprint density at radius 1 is 0.826 bits per heavy atom. The van der Waals surface area contributed by atoms with Crippen LogP contribution in [-0.2, 0) is 37.5 Å². The number of ether oxygens (including phenoxy) is 2. The molecule has 0 saturated carbocycles. The molecule has 0 fully saturated rings. The van der Waals surface area contributed by atoms with Crippen molar-refractivity contribution in [1.29, 1.82) is 0 Å². The van der Waals surface area contributed by atoms with Gasteiger partial charge in [-0.05, 0) is 0 Å². The maximum atomic E-state index is 10.4. The van der Waals surface area contributed by atoms with Gasteiger partial charge in [-0.3, -0.25) is 4.79 Å². The Balaban J connectivity index is -0.000000280. The molecule has 0 unspecified atom stereocenters. The second kappa shape index (κ2) is 20.8. The number of rotatable bonds is 2. The fourth-order valence-corrected chi connectivity index (χ4v) is 1.11. The fourth-order valence-electron chi connectivity index (χ4n) is 1.11. The molecule has 0 aromatic heterocycles. The minimum Gasteiger partial charge on any atom is -0.522 e. The summed E-state index contributed by atoms with van der Waals surface area (Å²) in [6.07, 6.45) is 0. The summed E-state index contributed by atoms with van der Waals surface area (Å²) in [6, 6.07) is 19.8. The van der Waals surface area contributed by atoms with Gasteiger partial charge in [0.15, 0.2) is 0 Å². The van der Waals surface area contributed by atoms with Crippen LogP contribution < -0.4 is 9.47 Å². The van der Waals surface area contributed by atoms with Crippen LogP contribution >= 0.6 is 0 Å². The predicted molar refractivity (Wildman–Crippen MR) is 91.1 cm³/mol. The van der Waals surface area contributed by atoms with E-state index in [1.54, 1.807) is 31.4 Å². The van der Waals surface area contributed by atoms with Crippen molar-refractivity contribution < 1.29 is 47.0 Å². The third-order valence-corrected chi connectivity index (χ3v) is 1.87. The number of hydrogen-bond donors (Lipinski definition) is 0. The first-order chi connectivity index (χ1) is 10.7. The van der Waals surface area contributed by atoms with Crippen LogP contribution in [0.15, 0.2) is 48.5 Å². The number of carbonyl (C=O) groups is 1. The van der Waals surface area contributed by atoms with E-state index < -0.39 is 0 Å². The molecule has 1 radical (unpaired) electrons. The van der Waals surface area contributed by atoms with E-state index in [0.717, 1.165) is 5.75 Å². The van der Waals surface area contributed by atoms with Crippen molar-refractivity contribution in [2.75, 3.05) is 7.11 Å². The van der Waals surface area contributed by atoms with Gasteiger partial charge in [0.1, 0.15) is 0 Å². The standard InChI is InChI=1S/C8H7O2.C7H7O.2C2H6.Y/c1-7(9)10-8-5-3-2-4-6-8;1-8-7-5-3-2-4-6-7;2*1-2;/h3-6H,1H3;3-6H,1H3;2*1-2H3;/q2*-1;;;.